The van der Waals surface area contributed by atoms with Crippen LogP contribution in [0.5, 0.6) is 0 Å². The Kier molecular flexibility index (Phi) is 4.73. The molecule has 1 aromatic rings. The van der Waals surface area contributed by atoms with Crippen LogP contribution in [0.4, 0.5) is 5.69 Å². The molecule has 1 aliphatic carbocycles. The lowest BCUT2D eigenvalue weighted by Gasteiger charge is -2.22. The first kappa shape index (κ1) is 15.0. The second-order valence-corrected chi connectivity index (χ2v) is 6.26. The van der Waals surface area contributed by atoms with Crippen LogP contribution in [0.2, 0.25) is 0 Å². The van der Waals surface area contributed by atoms with E-state index in [9.17, 15) is 9.59 Å². The number of piperidine rings is 1. The molecule has 0 bridgehead atoms. The number of carbonyl (C=O) groups is 2. The molecule has 1 saturated heterocycles. The van der Waals surface area contributed by atoms with Crippen LogP contribution < -0.4 is 16.0 Å². The van der Waals surface area contributed by atoms with Crippen LogP contribution in [0, 0.1) is 11.8 Å². The summed E-state index contributed by atoms with van der Waals surface area (Å²) in [4.78, 5) is 23.8. The first-order chi connectivity index (χ1) is 10.7. The molecule has 0 spiro atoms. The largest absolute Gasteiger partial charge is 0.352 e. The van der Waals surface area contributed by atoms with Crippen molar-refractivity contribution in [1.29, 1.82) is 0 Å². The average molecular weight is 301 g/mol. The van der Waals surface area contributed by atoms with Gasteiger partial charge in [0.05, 0.1) is 0 Å². The van der Waals surface area contributed by atoms with Gasteiger partial charge < -0.3 is 16.0 Å². The summed E-state index contributed by atoms with van der Waals surface area (Å²) < 4.78 is 0. The van der Waals surface area contributed by atoms with E-state index in [1.807, 2.05) is 0 Å². The van der Waals surface area contributed by atoms with E-state index in [0.29, 0.717) is 18.0 Å². The number of anilines is 1. The zero-order chi connectivity index (χ0) is 15.4. The second kappa shape index (κ2) is 6.92. The third-order valence-electron chi connectivity index (χ3n) is 4.31. The third kappa shape index (κ3) is 4.07. The molecule has 1 heterocycles. The Morgan fingerprint density at radius 2 is 1.91 bits per heavy atom. The van der Waals surface area contributed by atoms with Gasteiger partial charge in [0.1, 0.15) is 0 Å². The third-order valence-corrected chi connectivity index (χ3v) is 4.31. The lowest BCUT2D eigenvalue weighted by molar-refractivity contribution is -0.117. The first-order valence-corrected chi connectivity index (χ1v) is 8.12. The van der Waals surface area contributed by atoms with E-state index in [1.54, 1.807) is 24.3 Å². The lowest BCUT2D eigenvalue weighted by Crippen LogP contribution is -2.38. The van der Waals surface area contributed by atoms with Crippen LogP contribution in [-0.4, -0.2) is 31.4 Å². The van der Waals surface area contributed by atoms with E-state index in [0.717, 1.165) is 31.6 Å². The van der Waals surface area contributed by atoms with Gasteiger partial charge in [-0.05, 0) is 69.0 Å². The molecule has 118 valence electrons. The van der Waals surface area contributed by atoms with E-state index < -0.39 is 0 Å². The Balaban J connectivity index is 1.48. The molecule has 3 N–H and O–H groups in total. The van der Waals surface area contributed by atoms with Gasteiger partial charge >= 0.3 is 0 Å². The molecule has 1 atom stereocenters. The highest BCUT2D eigenvalue weighted by atomic mass is 16.2. The minimum absolute atomic E-state index is 0.0503. The summed E-state index contributed by atoms with van der Waals surface area (Å²) in [5.74, 6) is 0.745. The number of rotatable bonds is 5. The SMILES string of the molecule is O=C(NCC1CCCNC1)c1ccc(NC(=O)C2CC2)cc1. The van der Waals surface area contributed by atoms with Crippen LogP contribution in [0.25, 0.3) is 0 Å². The molecule has 1 saturated carbocycles. The van der Waals surface area contributed by atoms with E-state index in [2.05, 4.69) is 16.0 Å². The van der Waals surface area contributed by atoms with Crippen LogP contribution in [0.15, 0.2) is 24.3 Å². The molecule has 0 radical (unpaired) electrons. The topological polar surface area (TPSA) is 70.2 Å². The predicted molar refractivity (Wildman–Crippen MR) is 85.7 cm³/mol. The van der Waals surface area contributed by atoms with Crippen LogP contribution >= 0.6 is 0 Å². The summed E-state index contributed by atoms with van der Waals surface area (Å²) in [6.45, 7) is 2.77. The van der Waals surface area contributed by atoms with Gasteiger partial charge in [-0.3, -0.25) is 9.59 Å². The molecular formula is C17H23N3O2. The summed E-state index contributed by atoms with van der Waals surface area (Å²) in [6.07, 6.45) is 4.32. The quantitative estimate of drug-likeness (QED) is 0.776. The maximum atomic E-state index is 12.1. The van der Waals surface area contributed by atoms with Gasteiger partial charge in [-0.25, -0.2) is 0 Å². The molecule has 2 amide bonds. The number of hydrogen-bond acceptors (Lipinski definition) is 3. The first-order valence-electron chi connectivity index (χ1n) is 8.12. The molecular weight excluding hydrogens is 278 g/mol. The van der Waals surface area contributed by atoms with Gasteiger partial charge in [-0.2, -0.15) is 0 Å². The minimum atomic E-state index is -0.0503. The maximum Gasteiger partial charge on any atom is 0.251 e. The number of nitrogens with one attached hydrogen (secondary N) is 3. The Hall–Kier alpha value is -1.88. The van der Waals surface area contributed by atoms with Gasteiger partial charge in [-0.1, -0.05) is 0 Å². The van der Waals surface area contributed by atoms with Gasteiger partial charge in [0.15, 0.2) is 0 Å². The monoisotopic (exact) mass is 301 g/mol. The van der Waals surface area contributed by atoms with Crippen molar-refractivity contribution in [2.75, 3.05) is 25.0 Å². The fraction of sp³-hybridized carbons (Fsp3) is 0.529. The van der Waals surface area contributed by atoms with Crippen molar-refractivity contribution < 1.29 is 9.59 Å². The number of carbonyl (C=O) groups excluding carboxylic acids is 2. The van der Waals surface area contributed by atoms with E-state index in [1.165, 1.54) is 12.8 Å². The van der Waals surface area contributed by atoms with Crippen molar-refractivity contribution in [1.82, 2.24) is 10.6 Å². The van der Waals surface area contributed by atoms with Crippen molar-refractivity contribution in [3.8, 4) is 0 Å². The highest BCUT2D eigenvalue weighted by molar-refractivity contribution is 5.96. The van der Waals surface area contributed by atoms with E-state index in [4.69, 9.17) is 0 Å². The van der Waals surface area contributed by atoms with Crippen molar-refractivity contribution >= 4 is 17.5 Å². The van der Waals surface area contributed by atoms with E-state index in [-0.39, 0.29) is 17.7 Å². The predicted octanol–water partition coefficient (Wildman–Crippen LogP) is 1.76. The van der Waals surface area contributed by atoms with Crippen LogP contribution in [-0.2, 0) is 4.79 Å². The highest BCUT2D eigenvalue weighted by Gasteiger charge is 2.29. The zero-order valence-corrected chi connectivity index (χ0v) is 12.7. The average Bonchev–Trinajstić information content (AvgIpc) is 3.39. The van der Waals surface area contributed by atoms with E-state index >= 15 is 0 Å². The Labute approximate surface area is 130 Å². The van der Waals surface area contributed by atoms with Crippen LogP contribution in [0.1, 0.15) is 36.0 Å². The fourth-order valence-electron chi connectivity index (χ4n) is 2.73. The molecule has 22 heavy (non-hydrogen) atoms. The smallest absolute Gasteiger partial charge is 0.251 e. The van der Waals surface area contributed by atoms with Gasteiger partial charge in [0.2, 0.25) is 5.91 Å². The highest BCUT2D eigenvalue weighted by Crippen LogP contribution is 2.30. The standard InChI is InChI=1S/C17H23N3O2/c21-16(19-11-12-2-1-9-18-10-12)13-5-7-15(8-6-13)20-17(22)14-3-4-14/h5-8,12,14,18H,1-4,9-11H2,(H,19,21)(H,20,22). The van der Waals surface area contributed by atoms with Gasteiger partial charge in [0.25, 0.3) is 5.91 Å². The molecule has 2 fully saturated rings. The molecule has 1 aromatic carbocycles. The lowest BCUT2D eigenvalue weighted by atomic mass is 9.99. The normalized spacial score (nSPS) is 21.2. The summed E-state index contributed by atoms with van der Waals surface area (Å²) >= 11 is 0. The second-order valence-electron chi connectivity index (χ2n) is 6.26. The molecule has 1 aliphatic heterocycles. The Morgan fingerprint density at radius 1 is 1.14 bits per heavy atom. The van der Waals surface area contributed by atoms with Gasteiger partial charge in [-0.15, -0.1) is 0 Å². The Bertz CT molecular complexity index is 531. The summed E-state index contributed by atoms with van der Waals surface area (Å²) in [6, 6.07) is 7.10. The van der Waals surface area contributed by atoms with Crippen molar-refractivity contribution in [2.45, 2.75) is 25.7 Å². The Morgan fingerprint density at radius 3 is 2.55 bits per heavy atom. The van der Waals surface area contributed by atoms with Crippen molar-refractivity contribution in [3.63, 3.8) is 0 Å². The molecule has 1 unspecified atom stereocenters. The molecule has 5 nitrogen and oxygen atoms in total. The minimum Gasteiger partial charge on any atom is -0.352 e. The van der Waals surface area contributed by atoms with Gasteiger partial charge in [0, 0.05) is 23.7 Å². The number of hydrogen-bond donors (Lipinski definition) is 3. The zero-order valence-electron chi connectivity index (χ0n) is 12.7. The summed E-state index contributed by atoms with van der Waals surface area (Å²) in [5, 5.41) is 9.21. The number of benzene rings is 1. The molecule has 0 aromatic heterocycles. The fourth-order valence-corrected chi connectivity index (χ4v) is 2.73. The van der Waals surface area contributed by atoms with Crippen molar-refractivity contribution in [2.24, 2.45) is 11.8 Å². The molecule has 5 heteroatoms. The number of amides is 2. The van der Waals surface area contributed by atoms with Crippen LogP contribution in [0.3, 0.4) is 0 Å². The summed E-state index contributed by atoms with van der Waals surface area (Å²) in [5.41, 5.74) is 1.39. The maximum absolute atomic E-state index is 12.1. The molecule has 3 rings (SSSR count). The molecule has 2 aliphatic rings. The summed E-state index contributed by atoms with van der Waals surface area (Å²) in [7, 11) is 0. The van der Waals surface area contributed by atoms with Crippen molar-refractivity contribution in [3.05, 3.63) is 29.8 Å².